The molecule has 1 fully saturated rings. The van der Waals surface area contributed by atoms with Crippen LogP contribution >= 0.6 is 11.8 Å². The molecule has 1 aliphatic rings. The molecule has 2 atom stereocenters. The molecule has 1 aromatic heterocycles. The van der Waals surface area contributed by atoms with Crippen LogP contribution in [0.2, 0.25) is 0 Å². The minimum atomic E-state index is -1.70. The van der Waals surface area contributed by atoms with E-state index < -0.39 is 21.9 Å². The number of nitrogens with zero attached hydrogens (tertiary/aromatic N) is 1. The van der Waals surface area contributed by atoms with Gasteiger partial charge in [-0.25, -0.2) is 4.79 Å². The second-order valence-corrected chi connectivity index (χ2v) is 11.7. The van der Waals surface area contributed by atoms with E-state index in [1.807, 2.05) is 63.2 Å². The Balaban J connectivity index is 1.30. The standard InChI is InChI=1S/C32H34N2O7S/c1-21(2)17-28(35)41-22(3)25-11-12-26(33-19-25)15-16-39-27-13-9-23(10-14-27)18-32(29(36)34-31(38)42-32)30(37)40-20-24-7-5-4-6-8-24/h4-14,19,21-22H,15-18,20H2,1-3H3,(H,34,36,38)/t22-,32?/m1/s1. The van der Waals surface area contributed by atoms with Crippen LogP contribution in [0, 0.1) is 5.92 Å². The van der Waals surface area contributed by atoms with Crippen LogP contribution in [0.25, 0.3) is 0 Å². The molecule has 1 saturated heterocycles. The lowest BCUT2D eigenvalue weighted by molar-refractivity contribution is -0.151. The van der Waals surface area contributed by atoms with Crippen molar-refractivity contribution in [1.82, 2.24) is 10.3 Å². The lowest BCUT2D eigenvalue weighted by Crippen LogP contribution is -2.46. The lowest BCUT2D eigenvalue weighted by Gasteiger charge is -2.22. The molecule has 2 amide bonds. The first-order valence-electron chi connectivity index (χ1n) is 13.8. The molecule has 10 heteroatoms. The van der Waals surface area contributed by atoms with Crippen molar-refractivity contribution in [2.75, 3.05) is 6.61 Å². The zero-order valence-corrected chi connectivity index (χ0v) is 24.6. The molecule has 0 bridgehead atoms. The highest BCUT2D eigenvalue weighted by molar-refractivity contribution is 8.16. The smallest absolute Gasteiger partial charge is 0.333 e. The molecule has 2 heterocycles. The fraction of sp³-hybridized carbons (Fsp3) is 0.344. The van der Waals surface area contributed by atoms with Gasteiger partial charge in [-0.1, -0.05) is 62.4 Å². The van der Waals surface area contributed by atoms with Crippen LogP contribution in [-0.4, -0.2) is 39.4 Å². The fourth-order valence-corrected chi connectivity index (χ4v) is 5.31. The van der Waals surface area contributed by atoms with Gasteiger partial charge in [-0.15, -0.1) is 0 Å². The van der Waals surface area contributed by atoms with Crippen molar-refractivity contribution in [3.8, 4) is 5.75 Å². The monoisotopic (exact) mass is 590 g/mol. The minimum absolute atomic E-state index is 0.00140. The van der Waals surface area contributed by atoms with Gasteiger partial charge in [0, 0.05) is 36.7 Å². The number of benzene rings is 2. The average Bonchev–Trinajstić information content (AvgIpc) is 3.26. The Hall–Kier alpha value is -4.18. The van der Waals surface area contributed by atoms with E-state index in [1.54, 1.807) is 30.5 Å². The Bertz CT molecular complexity index is 1390. The van der Waals surface area contributed by atoms with E-state index in [1.165, 1.54) is 0 Å². The number of carbonyl (C=O) groups excluding carboxylic acids is 4. The zero-order valence-electron chi connectivity index (χ0n) is 23.8. The number of carbonyl (C=O) groups is 4. The van der Waals surface area contributed by atoms with Crippen molar-refractivity contribution in [2.45, 2.75) is 57.5 Å². The molecule has 42 heavy (non-hydrogen) atoms. The average molecular weight is 591 g/mol. The predicted octanol–water partition coefficient (Wildman–Crippen LogP) is 5.36. The van der Waals surface area contributed by atoms with E-state index >= 15 is 0 Å². The molecule has 1 unspecified atom stereocenters. The Labute approximate surface area is 249 Å². The number of hydrogen-bond acceptors (Lipinski definition) is 9. The van der Waals surface area contributed by atoms with Crippen LogP contribution in [0.15, 0.2) is 72.9 Å². The van der Waals surface area contributed by atoms with Gasteiger partial charge in [-0.2, -0.15) is 0 Å². The van der Waals surface area contributed by atoms with E-state index in [-0.39, 0.29) is 31.0 Å². The van der Waals surface area contributed by atoms with Crippen LogP contribution < -0.4 is 10.1 Å². The summed E-state index contributed by atoms with van der Waals surface area (Å²) in [6, 6.07) is 19.9. The SMILES string of the molecule is CC(C)CC(=O)O[C@H](C)c1ccc(CCOc2ccc(CC3(C(=O)OCc4ccccc4)SC(=O)NC3=O)cc2)nc1. The summed E-state index contributed by atoms with van der Waals surface area (Å²) in [5, 5.41) is 1.63. The van der Waals surface area contributed by atoms with Gasteiger partial charge in [0.25, 0.3) is 11.1 Å². The molecule has 1 N–H and O–H groups in total. The van der Waals surface area contributed by atoms with Gasteiger partial charge in [0.15, 0.2) is 0 Å². The van der Waals surface area contributed by atoms with E-state index in [0.717, 1.165) is 16.8 Å². The molecule has 2 aromatic carbocycles. The first kappa shape index (κ1) is 30.8. The lowest BCUT2D eigenvalue weighted by atomic mass is 9.97. The molecule has 220 valence electrons. The van der Waals surface area contributed by atoms with Gasteiger partial charge in [0.05, 0.1) is 6.61 Å². The van der Waals surface area contributed by atoms with Crippen LogP contribution in [0.4, 0.5) is 4.79 Å². The number of imide groups is 1. The maximum atomic E-state index is 13.1. The molecule has 1 aliphatic heterocycles. The first-order valence-corrected chi connectivity index (χ1v) is 14.6. The zero-order chi connectivity index (χ0) is 30.1. The third-order valence-corrected chi connectivity index (χ3v) is 7.73. The summed E-state index contributed by atoms with van der Waals surface area (Å²) in [6.07, 6.45) is 2.28. The Morgan fingerprint density at radius 3 is 2.31 bits per heavy atom. The summed E-state index contributed by atoms with van der Waals surface area (Å²) in [5.41, 5.74) is 3.11. The third-order valence-electron chi connectivity index (χ3n) is 6.60. The molecule has 0 spiro atoms. The van der Waals surface area contributed by atoms with Gasteiger partial charge < -0.3 is 14.2 Å². The summed E-state index contributed by atoms with van der Waals surface area (Å²) >= 11 is 0.646. The van der Waals surface area contributed by atoms with Gasteiger partial charge in [-0.05, 0) is 53.9 Å². The number of rotatable bonds is 13. The number of esters is 2. The van der Waals surface area contributed by atoms with E-state index in [4.69, 9.17) is 14.2 Å². The molecule has 0 radical (unpaired) electrons. The van der Waals surface area contributed by atoms with Crippen LogP contribution in [0.5, 0.6) is 5.75 Å². The number of ether oxygens (including phenoxy) is 3. The molecule has 3 aromatic rings. The van der Waals surface area contributed by atoms with Crippen LogP contribution in [0.1, 0.15) is 55.7 Å². The summed E-state index contributed by atoms with van der Waals surface area (Å²) in [4.78, 5) is 54.2. The highest BCUT2D eigenvalue weighted by atomic mass is 32.2. The number of hydrogen-bond donors (Lipinski definition) is 1. The van der Waals surface area contributed by atoms with Crippen molar-refractivity contribution >= 4 is 34.8 Å². The second-order valence-electron chi connectivity index (χ2n) is 10.5. The van der Waals surface area contributed by atoms with Crippen LogP contribution in [-0.2, 0) is 43.3 Å². The van der Waals surface area contributed by atoms with Gasteiger partial charge in [0.1, 0.15) is 18.5 Å². The van der Waals surface area contributed by atoms with Crippen molar-refractivity contribution < 1.29 is 33.4 Å². The topological polar surface area (TPSA) is 121 Å². The van der Waals surface area contributed by atoms with Crippen molar-refractivity contribution in [3.63, 3.8) is 0 Å². The molecular weight excluding hydrogens is 556 g/mol. The number of pyridine rings is 1. The fourth-order valence-electron chi connectivity index (χ4n) is 4.32. The number of thioether (sulfide) groups is 1. The Morgan fingerprint density at radius 2 is 1.69 bits per heavy atom. The summed E-state index contributed by atoms with van der Waals surface area (Å²) in [6.45, 7) is 6.15. The number of aromatic nitrogens is 1. The largest absolute Gasteiger partial charge is 0.493 e. The van der Waals surface area contributed by atoms with Crippen molar-refractivity contribution in [2.24, 2.45) is 5.92 Å². The first-order chi connectivity index (χ1) is 20.1. The molecule has 0 saturated carbocycles. The second kappa shape index (κ2) is 14.1. The highest BCUT2D eigenvalue weighted by Crippen LogP contribution is 2.37. The molecular formula is C32H34N2O7S. The predicted molar refractivity (Wildman–Crippen MR) is 158 cm³/mol. The number of amides is 2. The number of nitrogens with one attached hydrogen (secondary N) is 1. The summed E-state index contributed by atoms with van der Waals surface area (Å²) in [7, 11) is 0. The third kappa shape index (κ3) is 8.19. The molecule has 9 nitrogen and oxygen atoms in total. The Kier molecular flexibility index (Phi) is 10.4. The van der Waals surface area contributed by atoms with Gasteiger partial charge in [-0.3, -0.25) is 24.7 Å². The quantitative estimate of drug-likeness (QED) is 0.207. The van der Waals surface area contributed by atoms with Gasteiger partial charge >= 0.3 is 11.9 Å². The normalized spacial score (nSPS) is 17.0. The van der Waals surface area contributed by atoms with E-state index in [0.29, 0.717) is 42.5 Å². The summed E-state index contributed by atoms with van der Waals surface area (Å²) in [5.74, 6) is -0.816. The summed E-state index contributed by atoms with van der Waals surface area (Å²) < 4.78 is 15.1. The van der Waals surface area contributed by atoms with Gasteiger partial charge in [0.2, 0.25) is 4.75 Å². The maximum Gasteiger partial charge on any atom is 0.333 e. The van der Waals surface area contributed by atoms with E-state index in [9.17, 15) is 19.2 Å². The highest BCUT2D eigenvalue weighted by Gasteiger charge is 2.55. The van der Waals surface area contributed by atoms with Crippen molar-refractivity contribution in [1.29, 1.82) is 0 Å². The minimum Gasteiger partial charge on any atom is -0.493 e. The molecule has 4 rings (SSSR count). The van der Waals surface area contributed by atoms with Crippen LogP contribution in [0.3, 0.4) is 0 Å². The van der Waals surface area contributed by atoms with E-state index in [2.05, 4.69) is 10.3 Å². The molecule has 0 aliphatic carbocycles. The maximum absolute atomic E-state index is 13.1. The Morgan fingerprint density at radius 1 is 0.952 bits per heavy atom. The van der Waals surface area contributed by atoms with Crippen molar-refractivity contribution in [3.05, 3.63) is 95.3 Å².